The summed E-state index contributed by atoms with van der Waals surface area (Å²) in [4.78, 5) is 10.2. The van der Waals surface area contributed by atoms with Gasteiger partial charge in [-0.3, -0.25) is 10.1 Å². The molecule has 0 saturated heterocycles. The normalized spacial score (nSPS) is 10.9. The molecule has 0 aliphatic carbocycles. The Bertz CT molecular complexity index is 536. The van der Waals surface area contributed by atoms with Crippen LogP contribution in [0.2, 0.25) is 0 Å². The van der Waals surface area contributed by atoms with E-state index in [1.165, 1.54) is 23.7 Å². The number of hydrogen-bond donors (Lipinski definition) is 0. The van der Waals surface area contributed by atoms with Gasteiger partial charge in [-0.05, 0) is 31.4 Å². The summed E-state index contributed by atoms with van der Waals surface area (Å²) in [6, 6.07) is 4.66. The van der Waals surface area contributed by atoms with Crippen LogP contribution in [0.4, 0.5) is 5.69 Å². The monoisotopic (exact) mass is 238 g/mol. The largest absolute Gasteiger partial charge is 0.474 e. The Hall–Kier alpha value is -1.69. The van der Waals surface area contributed by atoms with E-state index in [2.05, 4.69) is 4.37 Å². The smallest absolute Gasteiger partial charge is 0.270 e. The Balaban J connectivity index is 2.51. The van der Waals surface area contributed by atoms with E-state index in [9.17, 15) is 10.1 Å². The van der Waals surface area contributed by atoms with Crippen LogP contribution in [0.5, 0.6) is 5.88 Å². The quantitative estimate of drug-likeness (QED) is 0.609. The fourth-order valence-corrected chi connectivity index (χ4v) is 2.02. The van der Waals surface area contributed by atoms with Crippen molar-refractivity contribution in [2.24, 2.45) is 0 Å². The van der Waals surface area contributed by atoms with Crippen molar-refractivity contribution in [2.45, 2.75) is 20.0 Å². The van der Waals surface area contributed by atoms with E-state index in [0.717, 1.165) is 4.70 Å². The molecule has 0 spiro atoms. The zero-order valence-electron chi connectivity index (χ0n) is 8.84. The number of nitro benzene ring substituents is 1. The maximum absolute atomic E-state index is 10.6. The molecular formula is C10H10N2O3S. The van der Waals surface area contributed by atoms with Gasteiger partial charge in [-0.25, -0.2) is 0 Å². The van der Waals surface area contributed by atoms with Crippen molar-refractivity contribution in [3.63, 3.8) is 0 Å². The molecule has 1 aromatic heterocycles. The van der Waals surface area contributed by atoms with E-state index < -0.39 is 4.92 Å². The Labute approximate surface area is 96.0 Å². The summed E-state index contributed by atoms with van der Waals surface area (Å²) in [6.45, 7) is 3.78. The van der Waals surface area contributed by atoms with Gasteiger partial charge in [-0.15, -0.1) is 0 Å². The minimum Gasteiger partial charge on any atom is -0.474 e. The minimum absolute atomic E-state index is 0.00422. The summed E-state index contributed by atoms with van der Waals surface area (Å²) >= 11 is 1.28. The lowest BCUT2D eigenvalue weighted by molar-refractivity contribution is -0.384. The van der Waals surface area contributed by atoms with E-state index in [-0.39, 0.29) is 11.8 Å². The van der Waals surface area contributed by atoms with Gasteiger partial charge in [0.1, 0.15) is 0 Å². The van der Waals surface area contributed by atoms with E-state index in [4.69, 9.17) is 4.74 Å². The van der Waals surface area contributed by atoms with E-state index in [1.54, 1.807) is 6.07 Å². The number of non-ortho nitro benzene ring substituents is 1. The third-order valence-electron chi connectivity index (χ3n) is 1.98. The molecule has 0 amide bonds. The molecule has 0 bridgehead atoms. The van der Waals surface area contributed by atoms with Gasteiger partial charge in [-0.1, -0.05) is 0 Å². The zero-order chi connectivity index (χ0) is 11.7. The second kappa shape index (κ2) is 4.05. The summed E-state index contributed by atoms with van der Waals surface area (Å²) in [5.41, 5.74) is 0.0568. The SMILES string of the molecule is CC(C)Oc1nsc2ccc([N+](=O)[O-])cc12. The lowest BCUT2D eigenvalue weighted by Crippen LogP contribution is -2.05. The van der Waals surface area contributed by atoms with Crippen LogP contribution >= 0.6 is 11.5 Å². The second-order valence-electron chi connectivity index (χ2n) is 3.59. The number of nitrogens with zero attached hydrogens (tertiary/aromatic N) is 2. The topological polar surface area (TPSA) is 65.3 Å². The summed E-state index contributed by atoms with van der Waals surface area (Å²) < 4.78 is 10.5. The predicted octanol–water partition coefficient (Wildman–Crippen LogP) is 2.99. The van der Waals surface area contributed by atoms with Gasteiger partial charge >= 0.3 is 0 Å². The molecule has 1 heterocycles. The van der Waals surface area contributed by atoms with Gasteiger partial charge < -0.3 is 4.74 Å². The number of nitro groups is 1. The Morgan fingerprint density at radius 2 is 2.25 bits per heavy atom. The van der Waals surface area contributed by atoms with Gasteiger partial charge in [0.25, 0.3) is 5.69 Å². The fourth-order valence-electron chi connectivity index (χ4n) is 1.33. The molecule has 0 atom stereocenters. The number of benzene rings is 1. The first-order valence-corrected chi connectivity index (χ1v) is 5.56. The van der Waals surface area contributed by atoms with Gasteiger partial charge in [-0.2, -0.15) is 4.37 Å². The molecule has 0 aliphatic rings. The molecule has 1 aromatic carbocycles. The van der Waals surface area contributed by atoms with Crippen LogP contribution in [0.3, 0.4) is 0 Å². The Morgan fingerprint density at radius 1 is 1.50 bits per heavy atom. The molecule has 0 unspecified atom stereocenters. The van der Waals surface area contributed by atoms with Crippen LogP contribution < -0.4 is 4.74 Å². The number of aromatic nitrogens is 1. The van der Waals surface area contributed by atoms with Crippen molar-refractivity contribution in [3.05, 3.63) is 28.3 Å². The third kappa shape index (κ3) is 1.96. The average Bonchev–Trinajstić information content (AvgIpc) is 2.60. The predicted molar refractivity (Wildman–Crippen MR) is 62.0 cm³/mol. The molecule has 0 fully saturated rings. The lowest BCUT2D eigenvalue weighted by atomic mass is 10.2. The summed E-state index contributed by atoms with van der Waals surface area (Å²) in [5, 5.41) is 11.3. The molecule has 6 heteroatoms. The Kier molecular flexibility index (Phi) is 2.74. The van der Waals surface area contributed by atoms with Crippen molar-refractivity contribution in [2.75, 3.05) is 0 Å². The third-order valence-corrected chi connectivity index (χ3v) is 2.79. The molecule has 2 rings (SSSR count). The number of ether oxygens (including phenoxy) is 1. The summed E-state index contributed by atoms with van der Waals surface area (Å²) in [6.07, 6.45) is 0.00422. The first kappa shape index (κ1) is 10.8. The average molecular weight is 238 g/mol. The maximum Gasteiger partial charge on any atom is 0.270 e. The van der Waals surface area contributed by atoms with Crippen molar-refractivity contribution in [1.82, 2.24) is 4.37 Å². The van der Waals surface area contributed by atoms with Crippen LogP contribution in [-0.4, -0.2) is 15.4 Å². The van der Waals surface area contributed by atoms with Crippen molar-refractivity contribution in [1.29, 1.82) is 0 Å². The minimum atomic E-state index is -0.420. The van der Waals surface area contributed by atoms with Crippen LogP contribution in [0.25, 0.3) is 10.1 Å². The molecule has 16 heavy (non-hydrogen) atoms. The molecule has 0 N–H and O–H groups in total. The molecule has 5 nitrogen and oxygen atoms in total. The molecule has 0 radical (unpaired) electrons. The maximum atomic E-state index is 10.6. The van der Waals surface area contributed by atoms with Crippen LogP contribution in [0.15, 0.2) is 18.2 Å². The molecule has 2 aromatic rings. The zero-order valence-corrected chi connectivity index (χ0v) is 9.65. The van der Waals surface area contributed by atoms with E-state index >= 15 is 0 Å². The molecule has 84 valence electrons. The van der Waals surface area contributed by atoms with Gasteiger partial charge in [0, 0.05) is 12.1 Å². The first-order chi connectivity index (χ1) is 7.58. The van der Waals surface area contributed by atoms with Crippen molar-refractivity contribution < 1.29 is 9.66 Å². The first-order valence-electron chi connectivity index (χ1n) is 4.78. The van der Waals surface area contributed by atoms with Gasteiger partial charge in [0.05, 0.1) is 21.1 Å². The lowest BCUT2D eigenvalue weighted by Gasteiger charge is -2.05. The van der Waals surface area contributed by atoms with Crippen molar-refractivity contribution in [3.8, 4) is 5.88 Å². The second-order valence-corrected chi connectivity index (χ2v) is 4.40. The summed E-state index contributed by atoms with van der Waals surface area (Å²) in [7, 11) is 0. The number of rotatable bonds is 3. The highest BCUT2D eigenvalue weighted by Gasteiger charge is 2.13. The van der Waals surface area contributed by atoms with Crippen LogP contribution in [-0.2, 0) is 0 Å². The van der Waals surface area contributed by atoms with Crippen LogP contribution in [0, 0.1) is 10.1 Å². The fraction of sp³-hybridized carbons (Fsp3) is 0.300. The number of hydrogen-bond acceptors (Lipinski definition) is 5. The van der Waals surface area contributed by atoms with E-state index in [0.29, 0.717) is 11.3 Å². The van der Waals surface area contributed by atoms with Gasteiger partial charge in [0.2, 0.25) is 5.88 Å². The van der Waals surface area contributed by atoms with Crippen molar-refractivity contribution >= 4 is 27.3 Å². The Morgan fingerprint density at radius 3 is 2.88 bits per heavy atom. The highest BCUT2D eigenvalue weighted by atomic mass is 32.1. The molecular weight excluding hydrogens is 228 g/mol. The summed E-state index contributed by atoms with van der Waals surface area (Å²) in [5.74, 6) is 0.471. The van der Waals surface area contributed by atoms with Gasteiger partial charge in [0.15, 0.2) is 0 Å². The molecule has 0 saturated carbocycles. The highest BCUT2D eigenvalue weighted by molar-refractivity contribution is 7.13. The van der Waals surface area contributed by atoms with E-state index in [1.807, 2.05) is 13.8 Å². The van der Waals surface area contributed by atoms with Crippen LogP contribution in [0.1, 0.15) is 13.8 Å². The molecule has 0 aliphatic heterocycles. The standard InChI is InChI=1S/C10H10N2O3S/c1-6(2)15-10-8-5-7(12(13)14)3-4-9(8)16-11-10/h3-6H,1-2H3. The highest BCUT2D eigenvalue weighted by Crippen LogP contribution is 2.32. The number of fused-ring (bicyclic) bond motifs is 1.